The van der Waals surface area contributed by atoms with E-state index in [-0.39, 0.29) is 32.0 Å². The van der Waals surface area contributed by atoms with Crippen molar-refractivity contribution in [1.29, 1.82) is 0 Å². The summed E-state index contributed by atoms with van der Waals surface area (Å²) in [6, 6.07) is 13.7. The number of sulfone groups is 1. The highest BCUT2D eigenvalue weighted by atomic mass is 35.5. The minimum Gasteiger partial charge on any atom is -0.253 e. The molecule has 0 N–H and O–H groups in total. The maximum absolute atomic E-state index is 14.7. The highest BCUT2D eigenvalue weighted by Gasteiger charge is 2.24. The zero-order valence-electron chi connectivity index (χ0n) is 16.4. The summed E-state index contributed by atoms with van der Waals surface area (Å²) in [6.07, 6.45) is 2.51. The summed E-state index contributed by atoms with van der Waals surface area (Å²) in [5, 5.41) is 8.68. The van der Waals surface area contributed by atoms with Crippen molar-refractivity contribution in [2.75, 3.05) is 6.26 Å². The van der Waals surface area contributed by atoms with Crippen LogP contribution in [0.25, 0.3) is 33.6 Å². The second-order valence-corrected chi connectivity index (χ2v) is 10.1. The van der Waals surface area contributed by atoms with E-state index in [0.717, 1.165) is 6.26 Å². The number of rotatable bonds is 4. The highest BCUT2D eigenvalue weighted by molar-refractivity contribution is 7.90. The van der Waals surface area contributed by atoms with Gasteiger partial charge in [0, 0.05) is 23.6 Å². The molecule has 0 atom stereocenters. The molecule has 162 valence electrons. The lowest BCUT2D eigenvalue weighted by Crippen LogP contribution is -2.01. The number of aromatic nitrogens is 3. The average Bonchev–Trinajstić information content (AvgIpc) is 2.74. The maximum Gasteiger partial charge on any atom is 0.175 e. The Labute approximate surface area is 198 Å². The highest BCUT2D eigenvalue weighted by Crippen LogP contribution is 2.43. The molecule has 32 heavy (non-hydrogen) atoms. The van der Waals surface area contributed by atoms with E-state index in [1.807, 2.05) is 0 Å². The number of hydrogen-bond acceptors (Lipinski definition) is 5. The van der Waals surface area contributed by atoms with E-state index in [0.29, 0.717) is 21.7 Å². The van der Waals surface area contributed by atoms with Crippen LogP contribution in [-0.2, 0) is 9.84 Å². The van der Waals surface area contributed by atoms with Crippen molar-refractivity contribution >= 4 is 44.6 Å². The third kappa shape index (κ3) is 4.34. The first kappa shape index (κ1) is 22.6. The molecule has 2 aromatic heterocycles. The van der Waals surface area contributed by atoms with E-state index in [2.05, 4.69) is 15.2 Å². The average molecular weight is 509 g/mol. The van der Waals surface area contributed by atoms with E-state index in [9.17, 15) is 12.8 Å². The fourth-order valence-electron chi connectivity index (χ4n) is 3.22. The van der Waals surface area contributed by atoms with Gasteiger partial charge in [-0.2, -0.15) is 0 Å². The van der Waals surface area contributed by atoms with Crippen LogP contribution in [0.15, 0.2) is 65.7 Å². The van der Waals surface area contributed by atoms with Gasteiger partial charge in [-0.05, 0) is 35.9 Å². The normalized spacial score (nSPS) is 11.5. The minimum atomic E-state index is -3.41. The predicted octanol–water partition coefficient (Wildman–Crippen LogP) is 6.38. The number of benzene rings is 2. The first-order chi connectivity index (χ1) is 15.2. The maximum atomic E-state index is 14.7. The standard InChI is InChI=1S/C22H13Cl3FN3O2S/c1-32(30,31)14-8-6-12(7-9-14)18-19(21-16(24)10-13(23)11-27-21)22(25)29-28-20(18)15-4-2-3-5-17(15)26/h2-11H,1H3. The molecule has 0 saturated heterocycles. The summed E-state index contributed by atoms with van der Waals surface area (Å²) in [7, 11) is -3.41. The molecular formula is C22H13Cl3FN3O2S. The van der Waals surface area contributed by atoms with Gasteiger partial charge in [0.2, 0.25) is 0 Å². The van der Waals surface area contributed by atoms with Crippen LogP contribution >= 0.6 is 34.8 Å². The smallest absolute Gasteiger partial charge is 0.175 e. The Morgan fingerprint density at radius 1 is 0.875 bits per heavy atom. The molecule has 2 heterocycles. The minimum absolute atomic E-state index is 0.0102. The molecule has 0 saturated carbocycles. The van der Waals surface area contributed by atoms with Crippen LogP contribution in [0.4, 0.5) is 4.39 Å². The van der Waals surface area contributed by atoms with Crippen molar-refractivity contribution in [3.05, 3.63) is 81.8 Å². The predicted molar refractivity (Wildman–Crippen MR) is 124 cm³/mol. The van der Waals surface area contributed by atoms with Crippen LogP contribution in [0.1, 0.15) is 0 Å². The molecule has 0 radical (unpaired) electrons. The van der Waals surface area contributed by atoms with Crippen LogP contribution in [-0.4, -0.2) is 29.9 Å². The molecular weight excluding hydrogens is 496 g/mol. The monoisotopic (exact) mass is 507 g/mol. The molecule has 0 aliphatic carbocycles. The van der Waals surface area contributed by atoms with Gasteiger partial charge in [0.15, 0.2) is 15.0 Å². The Morgan fingerprint density at radius 3 is 2.19 bits per heavy atom. The zero-order valence-corrected chi connectivity index (χ0v) is 19.4. The van der Waals surface area contributed by atoms with Gasteiger partial charge in [-0.25, -0.2) is 12.8 Å². The van der Waals surface area contributed by atoms with Crippen LogP contribution in [0.5, 0.6) is 0 Å². The van der Waals surface area contributed by atoms with Crippen molar-refractivity contribution in [2.45, 2.75) is 4.90 Å². The molecule has 4 rings (SSSR count). The van der Waals surface area contributed by atoms with Crippen molar-refractivity contribution in [1.82, 2.24) is 15.2 Å². The number of hydrogen-bond donors (Lipinski definition) is 0. The van der Waals surface area contributed by atoms with Crippen molar-refractivity contribution in [2.24, 2.45) is 0 Å². The third-order valence-corrected chi connectivity index (χ3v) is 6.56. The van der Waals surface area contributed by atoms with Crippen LogP contribution in [0, 0.1) is 5.82 Å². The third-order valence-electron chi connectivity index (χ3n) is 4.68. The van der Waals surface area contributed by atoms with Crippen LogP contribution in [0.2, 0.25) is 15.2 Å². The zero-order chi connectivity index (χ0) is 23.0. The largest absolute Gasteiger partial charge is 0.253 e. The molecule has 10 heteroatoms. The summed E-state index contributed by atoms with van der Waals surface area (Å²) in [4.78, 5) is 4.43. The van der Waals surface area contributed by atoms with Crippen molar-refractivity contribution in [3.63, 3.8) is 0 Å². The molecule has 0 aliphatic rings. The topological polar surface area (TPSA) is 72.8 Å². The van der Waals surface area contributed by atoms with E-state index in [1.165, 1.54) is 30.5 Å². The molecule has 0 spiro atoms. The SMILES string of the molecule is CS(=O)(=O)c1ccc(-c2c(-c3ccccc3F)nnc(Cl)c2-c2ncc(Cl)cc2Cl)cc1. The molecule has 2 aromatic carbocycles. The first-order valence-corrected chi connectivity index (χ1v) is 12.1. The van der Waals surface area contributed by atoms with E-state index >= 15 is 0 Å². The summed E-state index contributed by atoms with van der Waals surface area (Å²) in [5.41, 5.74) is 1.89. The fraction of sp³-hybridized carbons (Fsp3) is 0.0455. The molecule has 0 amide bonds. The summed E-state index contributed by atoms with van der Waals surface area (Å²) >= 11 is 18.8. The van der Waals surface area contributed by atoms with Gasteiger partial charge < -0.3 is 0 Å². The number of nitrogens with zero attached hydrogens (tertiary/aromatic N) is 3. The first-order valence-electron chi connectivity index (χ1n) is 9.10. The van der Waals surface area contributed by atoms with Gasteiger partial charge in [-0.1, -0.05) is 59.1 Å². The Hall–Kier alpha value is -2.58. The van der Waals surface area contributed by atoms with Gasteiger partial charge in [0.05, 0.1) is 26.2 Å². The van der Waals surface area contributed by atoms with Crippen molar-refractivity contribution < 1.29 is 12.8 Å². The van der Waals surface area contributed by atoms with E-state index < -0.39 is 15.7 Å². The fourth-order valence-corrected chi connectivity index (χ4v) is 4.55. The van der Waals surface area contributed by atoms with Gasteiger partial charge in [0.25, 0.3) is 0 Å². The van der Waals surface area contributed by atoms with Gasteiger partial charge in [-0.15, -0.1) is 10.2 Å². The van der Waals surface area contributed by atoms with E-state index in [4.69, 9.17) is 34.8 Å². The Bertz CT molecular complexity index is 1450. The Kier molecular flexibility index (Phi) is 6.18. The van der Waals surface area contributed by atoms with Gasteiger partial charge >= 0.3 is 0 Å². The quantitative estimate of drug-likeness (QED) is 0.320. The molecule has 4 aromatic rings. The molecule has 0 unspecified atom stereocenters. The van der Waals surface area contributed by atoms with Crippen LogP contribution < -0.4 is 0 Å². The number of halogens is 4. The summed E-state index contributed by atoms with van der Waals surface area (Å²) in [5.74, 6) is -0.515. The second kappa shape index (κ2) is 8.75. The lowest BCUT2D eigenvalue weighted by atomic mass is 9.94. The Morgan fingerprint density at radius 2 is 1.56 bits per heavy atom. The molecule has 5 nitrogen and oxygen atoms in total. The molecule has 0 fully saturated rings. The van der Waals surface area contributed by atoms with Crippen molar-refractivity contribution in [3.8, 4) is 33.6 Å². The van der Waals surface area contributed by atoms with Crippen LogP contribution in [0.3, 0.4) is 0 Å². The van der Waals surface area contributed by atoms with Gasteiger partial charge in [-0.3, -0.25) is 4.98 Å². The summed E-state index contributed by atoms with van der Waals surface area (Å²) in [6.45, 7) is 0. The summed E-state index contributed by atoms with van der Waals surface area (Å²) < 4.78 is 38.5. The lowest BCUT2D eigenvalue weighted by Gasteiger charge is -2.16. The lowest BCUT2D eigenvalue weighted by molar-refractivity contribution is 0.602. The number of pyridine rings is 1. The molecule has 0 bridgehead atoms. The molecule has 0 aliphatic heterocycles. The second-order valence-electron chi connectivity index (χ2n) is 6.85. The van der Waals surface area contributed by atoms with Gasteiger partial charge in [0.1, 0.15) is 11.5 Å². The Balaban J connectivity index is 2.09. The van der Waals surface area contributed by atoms with E-state index in [1.54, 1.807) is 30.3 Å².